The van der Waals surface area contributed by atoms with Crippen LogP contribution in [-0.4, -0.2) is 41.7 Å². The van der Waals surface area contributed by atoms with Crippen molar-refractivity contribution in [2.24, 2.45) is 0 Å². The fraction of sp³-hybridized carbons (Fsp3) is 0.765. The number of aliphatic hydroxyl groups is 3. The number of hydrogen-bond donors (Lipinski definition) is 3. The number of aliphatic hydroxyl groups excluding tert-OH is 3. The van der Waals surface area contributed by atoms with E-state index in [0.29, 0.717) is 0 Å². The van der Waals surface area contributed by atoms with Crippen LogP contribution in [0.1, 0.15) is 48.0 Å². The molecule has 0 aliphatic heterocycles. The van der Waals surface area contributed by atoms with Crippen LogP contribution in [0.4, 0.5) is 0 Å². The summed E-state index contributed by atoms with van der Waals surface area (Å²) in [4.78, 5) is 0. The minimum absolute atomic E-state index is 0.167. The number of hydrogen-bond acceptors (Lipinski definition) is 3. The van der Waals surface area contributed by atoms with Crippen LogP contribution in [0.25, 0.3) is 0 Å². The Balaban J connectivity index is -0.000000253. The molecule has 0 heterocycles. The van der Waals surface area contributed by atoms with Crippen molar-refractivity contribution in [1.82, 2.24) is 0 Å². The minimum atomic E-state index is -0.994. The molecule has 22 heavy (non-hydrogen) atoms. The van der Waals surface area contributed by atoms with Crippen LogP contribution in [0.3, 0.4) is 0 Å². The Bertz CT molecular complexity index is 294. The van der Waals surface area contributed by atoms with Gasteiger partial charge in [0.2, 0.25) is 0 Å². The molecule has 0 saturated heterocycles. The Kier molecular flexibility index (Phi) is 18.3. The second-order valence-electron chi connectivity index (χ2n) is 7.03. The average molecular weight is 365 g/mol. The Labute approximate surface area is 151 Å². The molecule has 3 nitrogen and oxygen atoms in total. The summed E-state index contributed by atoms with van der Waals surface area (Å²) in [5.74, 6) is 0. The standard InChI is InChI=1S/C8H13Si.3C3H8O.Ti/c1-9(2,3)8-6-4-5-7-8;3*1-3(2)4;/h4,6H,5H2,1-3H3;3*3-4H,1-2H3;. The third-order valence-electron chi connectivity index (χ3n) is 1.74. The summed E-state index contributed by atoms with van der Waals surface area (Å²) < 4.78 is 1.60. The van der Waals surface area contributed by atoms with Gasteiger partial charge in [-0.05, 0) is 41.5 Å². The molecule has 3 N–H and O–H groups in total. The molecule has 1 aliphatic carbocycles. The summed E-state index contributed by atoms with van der Waals surface area (Å²) in [6.07, 6.45) is 5.30. The first kappa shape index (κ1) is 27.2. The van der Waals surface area contributed by atoms with Crippen LogP contribution in [-0.2, 0) is 20.4 Å². The molecule has 1 aliphatic rings. The van der Waals surface area contributed by atoms with Crippen LogP contribution in [0.5, 0.6) is 0 Å². The van der Waals surface area contributed by atoms with Gasteiger partial charge in [0.1, 0.15) is 0 Å². The van der Waals surface area contributed by atoms with Crippen molar-refractivity contribution in [2.75, 3.05) is 0 Å². The third-order valence-corrected chi connectivity index (χ3v) is 4.95. The number of allylic oxidation sites excluding steroid dienone is 4. The van der Waals surface area contributed by atoms with Crippen LogP contribution in [0.15, 0.2) is 21.2 Å². The van der Waals surface area contributed by atoms with E-state index in [2.05, 4.69) is 52.2 Å². The predicted molar refractivity (Wildman–Crippen MR) is 96.2 cm³/mol. The van der Waals surface area contributed by atoms with E-state index in [1.807, 2.05) is 0 Å². The fourth-order valence-corrected chi connectivity index (χ4v) is 4.90. The van der Waals surface area contributed by atoms with Gasteiger partial charge in [-0.2, -0.15) is 0 Å². The molecule has 0 aromatic carbocycles. The zero-order valence-corrected chi connectivity index (χ0v) is 18.5. The average Bonchev–Trinajstić information content (AvgIpc) is 2.60. The van der Waals surface area contributed by atoms with Crippen molar-refractivity contribution < 1.29 is 35.8 Å². The van der Waals surface area contributed by atoms with E-state index in [0.717, 1.165) is 0 Å². The van der Waals surface area contributed by atoms with Crippen molar-refractivity contribution in [2.45, 2.75) is 85.9 Å². The van der Waals surface area contributed by atoms with Crippen molar-refractivity contribution in [1.29, 1.82) is 0 Å². The Morgan fingerprint density at radius 2 is 1.14 bits per heavy atom. The molecule has 0 fully saturated rings. The summed E-state index contributed by atoms with van der Waals surface area (Å²) in [5.41, 5.74) is 0. The molecule has 0 aromatic heterocycles. The molecule has 5 heteroatoms. The SMILES string of the molecule is CC(C)O.CC(C)O.CC(C)O.C[Si](C)(C)C1=[C]([Ti])CC=C1. The van der Waals surface area contributed by atoms with E-state index in [1.54, 1.807) is 50.6 Å². The monoisotopic (exact) mass is 365 g/mol. The van der Waals surface area contributed by atoms with Crippen molar-refractivity contribution in [3.63, 3.8) is 0 Å². The van der Waals surface area contributed by atoms with Gasteiger partial charge in [-0.25, -0.2) is 0 Å². The van der Waals surface area contributed by atoms with Gasteiger partial charge in [0.05, 0.1) is 0 Å². The molecule has 0 radical (unpaired) electrons. The maximum absolute atomic E-state index is 8.06. The predicted octanol–water partition coefficient (Wildman–Crippen LogP) is 3.79. The van der Waals surface area contributed by atoms with Crippen LogP contribution in [0, 0.1) is 0 Å². The molecule has 0 unspecified atom stereocenters. The zero-order valence-electron chi connectivity index (χ0n) is 15.9. The summed E-state index contributed by atoms with van der Waals surface area (Å²) >= 11 is 2.26. The molecular weight excluding hydrogens is 328 g/mol. The second-order valence-corrected chi connectivity index (χ2v) is 13.0. The first-order valence-corrected chi connectivity index (χ1v) is 12.2. The van der Waals surface area contributed by atoms with E-state index < -0.39 is 8.07 Å². The van der Waals surface area contributed by atoms with Gasteiger partial charge in [0.25, 0.3) is 0 Å². The first-order chi connectivity index (χ1) is 9.71. The van der Waals surface area contributed by atoms with Gasteiger partial charge >= 0.3 is 75.8 Å². The third kappa shape index (κ3) is 28.5. The van der Waals surface area contributed by atoms with Crippen molar-refractivity contribution in [3.05, 3.63) is 21.2 Å². The summed E-state index contributed by atoms with van der Waals surface area (Å²) in [7, 11) is -0.994. The molecular formula is C17H37O3SiTi. The molecule has 131 valence electrons. The Morgan fingerprint density at radius 1 is 0.864 bits per heavy atom. The molecule has 0 bridgehead atoms. The van der Waals surface area contributed by atoms with Gasteiger partial charge in [-0.15, -0.1) is 0 Å². The quantitative estimate of drug-likeness (QED) is 0.620. The van der Waals surface area contributed by atoms with Crippen molar-refractivity contribution >= 4 is 8.07 Å². The second kappa shape index (κ2) is 14.9. The topological polar surface area (TPSA) is 60.7 Å². The van der Waals surface area contributed by atoms with Crippen LogP contribution < -0.4 is 0 Å². The van der Waals surface area contributed by atoms with Gasteiger partial charge in [-0.1, -0.05) is 0 Å². The fourth-order valence-electron chi connectivity index (χ4n) is 1.21. The van der Waals surface area contributed by atoms with Gasteiger partial charge in [0.15, 0.2) is 0 Å². The molecule has 1 rings (SSSR count). The van der Waals surface area contributed by atoms with E-state index in [4.69, 9.17) is 15.3 Å². The Morgan fingerprint density at radius 3 is 1.23 bits per heavy atom. The van der Waals surface area contributed by atoms with Crippen LogP contribution in [0.2, 0.25) is 19.6 Å². The van der Waals surface area contributed by atoms with Gasteiger partial charge in [0, 0.05) is 18.3 Å². The maximum atomic E-state index is 8.06. The zero-order chi connectivity index (χ0) is 18.5. The summed E-state index contributed by atoms with van der Waals surface area (Å²) in [5, 5.41) is 25.8. The summed E-state index contributed by atoms with van der Waals surface area (Å²) in [6.45, 7) is 17.5. The van der Waals surface area contributed by atoms with Gasteiger partial charge < -0.3 is 15.3 Å². The van der Waals surface area contributed by atoms with E-state index in [-0.39, 0.29) is 18.3 Å². The number of rotatable bonds is 1. The van der Waals surface area contributed by atoms with Gasteiger partial charge in [-0.3, -0.25) is 0 Å². The molecule has 0 saturated carbocycles. The Hall–Kier alpha value is 0.291. The van der Waals surface area contributed by atoms with E-state index in [9.17, 15) is 0 Å². The first-order valence-electron chi connectivity index (χ1n) is 7.87. The van der Waals surface area contributed by atoms with Crippen LogP contribution >= 0.6 is 0 Å². The van der Waals surface area contributed by atoms with E-state index in [1.165, 1.54) is 6.42 Å². The molecule has 0 spiro atoms. The van der Waals surface area contributed by atoms with E-state index >= 15 is 0 Å². The molecule has 0 aromatic rings. The normalized spacial score (nSPS) is 13.4. The molecule has 0 atom stereocenters. The molecule has 0 amide bonds. The van der Waals surface area contributed by atoms with Crippen molar-refractivity contribution in [3.8, 4) is 0 Å². The summed E-state index contributed by atoms with van der Waals surface area (Å²) in [6, 6.07) is 0.